The molecule has 0 aliphatic heterocycles. The Morgan fingerprint density at radius 1 is 1.06 bits per heavy atom. The summed E-state index contributed by atoms with van der Waals surface area (Å²) in [4.78, 5) is 12.1. The number of fused-ring (bicyclic) bond motifs is 1. The number of hydrogen-bond donors (Lipinski definition) is 1. The maximum absolute atomic E-state index is 12.1. The minimum atomic E-state index is 0.289. The van der Waals surface area contributed by atoms with Gasteiger partial charge in [0.05, 0.1) is 0 Å². The van der Waals surface area contributed by atoms with Crippen molar-refractivity contribution >= 4 is 17.5 Å². The summed E-state index contributed by atoms with van der Waals surface area (Å²) in [5, 5.41) is 3.44. The van der Waals surface area contributed by atoms with Gasteiger partial charge < -0.3 is 5.32 Å². The van der Waals surface area contributed by atoms with Crippen LogP contribution in [0.15, 0.2) is 0 Å². The van der Waals surface area contributed by atoms with Crippen LogP contribution in [0.2, 0.25) is 0 Å². The molecule has 0 spiro atoms. The van der Waals surface area contributed by atoms with Crippen molar-refractivity contribution in [3.05, 3.63) is 0 Å². The fourth-order valence-corrected chi connectivity index (χ4v) is 4.32. The van der Waals surface area contributed by atoms with Crippen molar-refractivity contribution in [1.82, 2.24) is 5.32 Å². The highest BCUT2D eigenvalue weighted by Gasteiger charge is 2.54. The van der Waals surface area contributed by atoms with Crippen LogP contribution in [-0.4, -0.2) is 17.8 Å². The maximum Gasteiger partial charge on any atom is 0.223 e. The Labute approximate surface area is 108 Å². The molecule has 0 aromatic heterocycles. The third-order valence-electron chi connectivity index (χ3n) is 5.06. The number of nitrogens with one attached hydrogen (secondary N) is 1. The molecule has 1 N–H and O–H groups in total. The summed E-state index contributed by atoms with van der Waals surface area (Å²) >= 11 is 6.23. The molecule has 4 atom stereocenters. The van der Waals surface area contributed by atoms with Gasteiger partial charge in [0.25, 0.3) is 0 Å². The largest absolute Gasteiger partial charge is 0.356 e. The van der Waals surface area contributed by atoms with Gasteiger partial charge in [0, 0.05) is 17.8 Å². The summed E-state index contributed by atoms with van der Waals surface area (Å²) in [6, 6.07) is 0. The van der Waals surface area contributed by atoms with E-state index >= 15 is 0 Å². The van der Waals surface area contributed by atoms with Crippen molar-refractivity contribution in [2.45, 2.75) is 50.3 Å². The summed E-state index contributed by atoms with van der Waals surface area (Å²) in [5.74, 6) is 2.63. The van der Waals surface area contributed by atoms with Gasteiger partial charge in [-0.05, 0) is 43.4 Å². The first kappa shape index (κ1) is 11.8. The average molecular weight is 256 g/mol. The van der Waals surface area contributed by atoms with E-state index in [1.807, 2.05) is 0 Å². The lowest BCUT2D eigenvalue weighted by Gasteiger charge is -2.14. The summed E-state index contributed by atoms with van der Waals surface area (Å²) in [7, 11) is 0. The molecular weight excluding hydrogens is 234 g/mol. The van der Waals surface area contributed by atoms with Gasteiger partial charge in [-0.1, -0.05) is 19.3 Å². The number of carbonyl (C=O) groups excluding carboxylic acids is 1. The molecule has 17 heavy (non-hydrogen) atoms. The third-order valence-corrected chi connectivity index (χ3v) is 5.64. The minimum absolute atomic E-state index is 0.289. The predicted molar refractivity (Wildman–Crippen MR) is 68.9 cm³/mol. The number of halogens is 1. The van der Waals surface area contributed by atoms with Gasteiger partial charge in [-0.3, -0.25) is 4.79 Å². The van der Waals surface area contributed by atoms with Crippen LogP contribution in [0.1, 0.15) is 44.9 Å². The molecule has 2 nitrogen and oxygen atoms in total. The van der Waals surface area contributed by atoms with Crippen molar-refractivity contribution in [3.63, 3.8) is 0 Å². The molecule has 0 radical (unpaired) electrons. The van der Waals surface area contributed by atoms with E-state index in [1.165, 1.54) is 38.5 Å². The van der Waals surface area contributed by atoms with E-state index in [0.29, 0.717) is 17.7 Å². The number of rotatable bonds is 3. The second-order valence-electron chi connectivity index (χ2n) is 6.09. The van der Waals surface area contributed by atoms with E-state index in [0.717, 1.165) is 24.8 Å². The first-order chi connectivity index (χ1) is 8.27. The van der Waals surface area contributed by atoms with Crippen LogP contribution in [0.4, 0.5) is 0 Å². The standard InChI is InChI=1S/C14H22ClNO/c15-12-7-3-4-9(12)8-16-14(17)13-10-5-1-2-6-11(10)13/h9-13H,1-8H2,(H,16,17). The fourth-order valence-electron chi connectivity index (χ4n) is 3.95. The van der Waals surface area contributed by atoms with Crippen LogP contribution in [0.3, 0.4) is 0 Å². The Balaban J connectivity index is 1.45. The Bertz CT molecular complexity index is 295. The second-order valence-corrected chi connectivity index (χ2v) is 6.65. The van der Waals surface area contributed by atoms with Crippen LogP contribution in [0.5, 0.6) is 0 Å². The summed E-state index contributed by atoms with van der Waals surface area (Å²) in [6.45, 7) is 0.808. The van der Waals surface area contributed by atoms with Crippen molar-refractivity contribution < 1.29 is 4.79 Å². The molecule has 3 saturated carbocycles. The van der Waals surface area contributed by atoms with Crippen molar-refractivity contribution in [3.8, 4) is 0 Å². The molecule has 3 aliphatic carbocycles. The van der Waals surface area contributed by atoms with Crippen molar-refractivity contribution in [2.75, 3.05) is 6.54 Å². The minimum Gasteiger partial charge on any atom is -0.356 e. The van der Waals surface area contributed by atoms with Crippen LogP contribution in [0.25, 0.3) is 0 Å². The molecule has 0 bridgehead atoms. The van der Waals surface area contributed by atoms with E-state index in [4.69, 9.17) is 11.6 Å². The van der Waals surface area contributed by atoms with Crippen LogP contribution >= 0.6 is 11.6 Å². The Hall–Kier alpha value is -0.240. The van der Waals surface area contributed by atoms with Gasteiger partial charge in [-0.15, -0.1) is 11.6 Å². The molecule has 3 rings (SSSR count). The van der Waals surface area contributed by atoms with Crippen molar-refractivity contribution in [2.24, 2.45) is 23.7 Å². The molecule has 1 amide bonds. The van der Waals surface area contributed by atoms with E-state index in [-0.39, 0.29) is 5.38 Å². The number of alkyl halides is 1. The summed E-state index contributed by atoms with van der Waals surface area (Å²) in [5.41, 5.74) is 0. The van der Waals surface area contributed by atoms with E-state index in [1.54, 1.807) is 0 Å². The molecule has 0 heterocycles. The number of amides is 1. The zero-order valence-electron chi connectivity index (χ0n) is 10.3. The predicted octanol–water partition coefficient (Wildman–Crippen LogP) is 2.95. The Morgan fingerprint density at radius 2 is 1.76 bits per heavy atom. The SMILES string of the molecule is O=C(NCC1CCCC1Cl)C1C2CCCCC21. The molecule has 96 valence electrons. The van der Waals surface area contributed by atoms with Gasteiger partial charge in [0.15, 0.2) is 0 Å². The fraction of sp³-hybridized carbons (Fsp3) is 0.929. The molecule has 3 aliphatic rings. The lowest BCUT2D eigenvalue weighted by molar-refractivity contribution is -0.123. The van der Waals surface area contributed by atoms with Gasteiger partial charge >= 0.3 is 0 Å². The molecule has 0 aromatic carbocycles. The Morgan fingerprint density at radius 3 is 2.35 bits per heavy atom. The maximum atomic E-state index is 12.1. The van der Waals surface area contributed by atoms with Crippen LogP contribution < -0.4 is 5.32 Å². The Kier molecular flexibility index (Phi) is 3.34. The monoisotopic (exact) mass is 255 g/mol. The van der Waals surface area contributed by atoms with Crippen molar-refractivity contribution in [1.29, 1.82) is 0 Å². The number of hydrogen-bond acceptors (Lipinski definition) is 1. The molecule has 3 fully saturated rings. The first-order valence-electron chi connectivity index (χ1n) is 7.19. The molecule has 3 heteroatoms. The lowest BCUT2D eigenvalue weighted by Crippen LogP contribution is -2.32. The van der Waals surface area contributed by atoms with Gasteiger partial charge in [-0.2, -0.15) is 0 Å². The van der Waals surface area contributed by atoms with Gasteiger partial charge in [-0.25, -0.2) is 0 Å². The normalized spacial score (nSPS) is 44.2. The van der Waals surface area contributed by atoms with Gasteiger partial charge in [0.1, 0.15) is 0 Å². The van der Waals surface area contributed by atoms with E-state index in [9.17, 15) is 4.79 Å². The zero-order chi connectivity index (χ0) is 11.8. The van der Waals surface area contributed by atoms with Crippen LogP contribution in [0, 0.1) is 23.7 Å². The summed E-state index contributed by atoms with van der Waals surface area (Å²) < 4.78 is 0. The second kappa shape index (κ2) is 4.79. The lowest BCUT2D eigenvalue weighted by atomic mass is 10.0. The molecular formula is C14H22ClNO. The first-order valence-corrected chi connectivity index (χ1v) is 7.63. The van der Waals surface area contributed by atoms with E-state index in [2.05, 4.69) is 5.32 Å². The topological polar surface area (TPSA) is 29.1 Å². The van der Waals surface area contributed by atoms with Crippen LogP contribution in [-0.2, 0) is 4.79 Å². The average Bonchev–Trinajstić information content (AvgIpc) is 2.94. The molecule has 4 unspecified atom stereocenters. The number of carbonyl (C=O) groups is 1. The molecule has 0 saturated heterocycles. The highest BCUT2D eigenvalue weighted by Crippen LogP contribution is 2.55. The third kappa shape index (κ3) is 2.33. The smallest absolute Gasteiger partial charge is 0.223 e. The summed E-state index contributed by atoms with van der Waals surface area (Å²) in [6.07, 6.45) is 8.76. The highest BCUT2D eigenvalue weighted by atomic mass is 35.5. The molecule has 0 aromatic rings. The van der Waals surface area contributed by atoms with E-state index < -0.39 is 0 Å². The quantitative estimate of drug-likeness (QED) is 0.772. The highest BCUT2D eigenvalue weighted by molar-refractivity contribution is 6.21. The zero-order valence-corrected chi connectivity index (χ0v) is 11.1. The van der Waals surface area contributed by atoms with Gasteiger partial charge in [0.2, 0.25) is 5.91 Å².